The molecule has 1 aliphatic carbocycles. The molecule has 0 aromatic rings. The maximum atomic E-state index is 2.39. The van der Waals surface area contributed by atoms with E-state index in [1.165, 1.54) is 99.8 Å². The van der Waals surface area contributed by atoms with Crippen LogP contribution >= 0.6 is 0 Å². The Labute approximate surface area is 193 Å². The topological polar surface area (TPSA) is 0 Å². The summed E-state index contributed by atoms with van der Waals surface area (Å²) in [6.45, 7) is 25.0. The number of hydrogen-bond donors (Lipinski definition) is 0. The second-order valence-corrected chi connectivity index (χ2v) is 8.23. The molecule has 0 heterocycles. The quantitative estimate of drug-likeness (QED) is 0.207. The summed E-state index contributed by atoms with van der Waals surface area (Å²) >= 11 is 0. The highest BCUT2D eigenvalue weighted by Gasteiger charge is 2.38. The number of rotatable bonds is 12. The first-order valence-electron chi connectivity index (χ1n) is 10.7. The van der Waals surface area contributed by atoms with Gasteiger partial charge in [-0.25, -0.2) is 0 Å². The maximum absolute atomic E-state index is 2.39. The van der Waals surface area contributed by atoms with Gasteiger partial charge in [-0.3, -0.25) is 0 Å². The lowest BCUT2D eigenvalue weighted by Gasteiger charge is -2.42. The van der Waals surface area contributed by atoms with E-state index in [0.29, 0.717) is 5.41 Å². The number of nitrogens with zero attached hydrogens (tertiary/aromatic N) is 2. The van der Waals surface area contributed by atoms with Crippen molar-refractivity contribution in [1.82, 2.24) is 0 Å². The number of quaternary nitrogens is 2. The molecular formula is C21H46I2N2. The Balaban J connectivity index is 0. The molecule has 0 atom stereocenters. The number of halogens is 2. The zero-order chi connectivity index (χ0) is 17.4. The highest BCUT2D eigenvalue weighted by Crippen LogP contribution is 2.45. The van der Waals surface area contributed by atoms with Gasteiger partial charge in [0.05, 0.1) is 52.4 Å². The van der Waals surface area contributed by atoms with Crippen LogP contribution < -0.4 is 48.0 Å². The standard InChI is InChI=1S/C21H46N2.2HI/c1-7-22(8-2,9-3)19-17-21(15-13-14-16-21)18-20-23(10-4,11-5)12-6;;/h7-20H2,1-6H3;2*1H/q+2;;/p-2. The highest BCUT2D eigenvalue weighted by atomic mass is 127. The summed E-state index contributed by atoms with van der Waals surface area (Å²) in [5.41, 5.74) is 0.673. The molecule has 0 saturated heterocycles. The molecule has 0 spiro atoms. The molecule has 0 aliphatic heterocycles. The molecule has 0 N–H and O–H groups in total. The molecule has 1 rings (SSSR count). The van der Waals surface area contributed by atoms with Gasteiger partial charge in [-0.1, -0.05) is 12.8 Å². The predicted octanol–water partition coefficient (Wildman–Crippen LogP) is -0.912. The average molecular weight is 580 g/mol. The van der Waals surface area contributed by atoms with Gasteiger partial charge in [0, 0.05) is 12.8 Å². The predicted molar refractivity (Wildman–Crippen MR) is 104 cm³/mol. The van der Waals surface area contributed by atoms with Crippen LogP contribution in [0.4, 0.5) is 0 Å². The Morgan fingerprint density at radius 3 is 1.08 bits per heavy atom. The molecule has 0 bridgehead atoms. The van der Waals surface area contributed by atoms with Gasteiger partial charge in [-0.15, -0.1) is 0 Å². The van der Waals surface area contributed by atoms with E-state index < -0.39 is 0 Å². The van der Waals surface area contributed by atoms with E-state index in [-0.39, 0.29) is 48.0 Å². The van der Waals surface area contributed by atoms with E-state index in [0.717, 1.165) is 0 Å². The second kappa shape index (κ2) is 13.5. The highest BCUT2D eigenvalue weighted by molar-refractivity contribution is 4.84. The molecule has 1 aliphatic rings. The van der Waals surface area contributed by atoms with E-state index in [1.54, 1.807) is 0 Å². The molecule has 0 aromatic heterocycles. The summed E-state index contributed by atoms with van der Waals surface area (Å²) in [4.78, 5) is 0. The molecule has 0 radical (unpaired) electrons. The Hall–Kier alpha value is 1.38. The van der Waals surface area contributed by atoms with Crippen LogP contribution in [0.1, 0.15) is 80.1 Å². The summed E-state index contributed by atoms with van der Waals surface area (Å²) in [6.07, 6.45) is 8.91. The van der Waals surface area contributed by atoms with Gasteiger partial charge in [0.15, 0.2) is 0 Å². The van der Waals surface area contributed by atoms with Crippen molar-refractivity contribution >= 4 is 0 Å². The van der Waals surface area contributed by atoms with Crippen molar-refractivity contribution in [2.75, 3.05) is 52.4 Å². The Bertz CT molecular complexity index is 277. The molecule has 1 fully saturated rings. The molecule has 0 amide bonds. The summed E-state index contributed by atoms with van der Waals surface area (Å²) < 4.78 is 2.66. The zero-order valence-corrected chi connectivity index (χ0v) is 22.4. The van der Waals surface area contributed by atoms with Crippen LogP contribution in [0.3, 0.4) is 0 Å². The smallest absolute Gasteiger partial charge is 0.0791 e. The summed E-state index contributed by atoms with van der Waals surface area (Å²) in [7, 11) is 0. The first-order valence-corrected chi connectivity index (χ1v) is 10.7. The van der Waals surface area contributed by atoms with Crippen molar-refractivity contribution in [3.05, 3.63) is 0 Å². The minimum absolute atomic E-state index is 0. The van der Waals surface area contributed by atoms with Gasteiger partial charge in [0.25, 0.3) is 0 Å². The monoisotopic (exact) mass is 580 g/mol. The van der Waals surface area contributed by atoms with Crippen LogP contribution in [0.25, 0.3) is 0 Å². The van der Waals surface area contributed by atoms with Crippen LogP contribution in [-0.2, 0) is 0 Å². The molecule has 0 aromatic carbocycles. The SMILES string of the molecule is CC[N+](CC)(CC)CCC1(CC[N+](CC)(CC)CC)CCCC1.[I-].[I-]. The van der Waals surface area contributed by atoms with Crippen LogP contribution in [-0.4, -0.2) is 61.3 Å². The zero-order valence-electron chi connectivity index (χ0n) is 18.0. The summed E-state index contributed by atoms with van der Waals surface area (Å²) in [6, 6.07) is 0. The normalized spacial score (nSPS) is 17.0. The van der Waals surface area contributed by atoms with E-state index in [1.807, 2.05) is 0 Å². The maximum Gasteiger partial charge on any atom is 0.0791 e. The fourth-order valence-corrected chi connectivity index (χ4v) is 4.99. The van der Waals surface area contributed by atoms with E-state index in [4.69, 9.17) is 0 Å². The fraction of sp³-hybridized carbons (Fsp3) is 1.00. The molecule has 4 heteroatoms. The molecule has 2 nitrogen and oxygen atoms in total. The summed E-state index contributed by atoms with van der Waals surface area (Å²) in [5, 5.41) is 0. The summed E-state index contributed by atoms with van der Waals surface area (Å²) in [5.74, 6) is 0. The van der Waals surface area contributed by atoms with Crippen molar-refractivity contribution in [3.63, 3.8) is 0 Å². The lowest BCUT2D eigenvalue weighted by Crippen LogP contribution is -3.00. The lowest BCUT2D eigenvalue weighted by atomic mass is 9.78. The van der Waals surface area contributed by atoms with Gasteiger partial charge >= 0.3 is 0 Å². The Kier molecular flexibility index (Phi) is 15.5. The van der Waals surface area contributed by atoms with Crippen LogP contribution in [0.5, 0.6) is 0 Å². The molecule has 0 unspecified atom stereocenters. The largest absolute Gasteiger partial charge is 1.00 e. The third-order valence-electron chi connectivity index (χ3n) is 7.92. The lowest BCUT2D eigenvalue weighted by molar-refractivity contribution is -0.926. The van der Waals surface area contributed by atoms with Gasteiger partial charge in [-0.2, -0.15) is 0 Å². The second-order valence-electron chi connectivity index (χ2n) is 8.23. The third kappa shape index (κ3) is 7.72. The first kappa shape index (κ1) is 28.6. The molecular weight excluding hydrogens is 534 g/mol. The van der Waals surface area contributed by atoms with Gasteiger partial charge < -0.3 is 56.9 Å². The number of hydrogen-bond acceptors (Lipinski definition) is 0. The van der Waals surface area contributed by atoms with Gasteiger partial charge in [-0.05, 0) is 59.8 Å². The van der Waals surface area contributed by atoms with E-state index in [2.05, 4.69) is 41.5 Å². The minimum atomic E-state index is 0. The van der Waals surface area contributed by atoms with Crippen LogP contribution in [0.2, 0.25) is 0 Å². The van der Waals surface area contributed by atoms with Gasteiger partial charge in [0.1, 0.15) is 0 Å². The third-order valence-corrected chi connectivity index (χ3v) is 7.92. The van der Waals surface area contributed by atoms with Crippen molar-refractivity contribution in [3.8, 4) is 0 Å². The average Bonchev–Trinajstić information content (AvgIpc) is 3.08. The Morgan fingerprint density at radius 1 is 0.560 bits per heavy atom. The first-order chi connectivity index (χ1) is 11.0. The van der Waals surface area contributed by atoms with Crippen molar-refractivity contribution in [1.29, 1.82) is 0 Å². The van der Waals surface area contributed by atoms with Crippen LogP contribution in [0, 0.1) is 5.41 Å². The Morgan fingerprint density at radius 2 is 0.840 bits per heavy atom. The minimum Gasteiger partial charge on any atom is -1.00 e. The molecule has 25 heavy (non-hydrogen) atoms. The van der Waals surface area contributed by atoms with Crippen molar-refractivity contribution in [2.24, 2.45) is 5.41 Å². The van der Waals surface area contributed by atoms with Crippen molar-refractivity contribution < 1.29 is 56.9 Å². The van der Waals surface area contributed by atoms with E-state index in [9.17, 15) is 0 Å². The molecule has 154 valence electrons. The fourth-order valence-electron chi connectivity index (χ4n) is 4.99. The van der Waals surface area contributed by atoms with Crippen LogP contribution in [0.15, 0.2) is 0 Å². The van der Waals surface area contributed by atoms with Crippen molar-refractivity contribution in [2.45, 2.75) is 80.1 Å². The van der Waals surface area contributed by atoms with Gasteiger partial charge in [0.2, 0.25) is 0 Å². The molecule has 1 saturated carbocycles. The van der Waals surface area contributed by atoms with E-state index >= 15 is 0 Å².